The Morgan fingerprint density at radius 1 is 1.04 bits per heavy atom. The number of aliphatic hydroxyl groups is 2. The molecule has 3 N–H and O–H groups in total. The number of fused-ring (bicyclic) bond motifs is 2. The average Bonchev–Trinajstić information content (AvgIpc) is 3.47. The summed E-state index contributed by atoms with van der Waals surface area (Å²) in [6.45, 7) is 11.7. The zero-order valence-corrected chi connectivity index (χ0v) is 31.3. The van der Waals surface area contributed by atoms with E-state index >= 15 is 0 Å². The molecule has 286 valence electrons. The molecule has 11 nitrogen and oxygen atoms in total. The second-order valence-corrected chi connectivity index (χ2v) is 15.4. The van der Waals surface area contributed by atoms with Crippen molar-refractivity contribution in [2.45, 2.75) is 115 Å². The molecule has 2 bridgehead atoms. The number of rotatable bonds is 5. The first-order valence-corrected chi connectivity index (χ1v) is 18.7. The maximum atomic E-state index is 14.4. The van der Waals surface area contributed by atoms with E-state index in [0.717, 1.165) is 12.0 Å². The second kappa shape index (κ2) is 15.5. The van der Waals surface area contributed by atoms with Crippen LogP contribution in [0.1, 0.15) is 87.9 Å². The number of allylic oxidation sites excluding steroid dienone is 2. The molecule has 2 fully saturated rings. The number of benzene rings is 1. The highest BCUT2D eigenvalue weighted by molar-refractivity contribution is 6.02. The zero-order chi connectivity index (χ0) is 38.2. The SMILES string of the molecule is CC[C@H](C)[C@H]1O[C@]2(C=C[C@@H]1C)C[C@@H]1C[C@@H](C/C=C(\C)C(O)[C@@H](C)/C=C/C=C3\CO[C@@H]4[C@H](OC(=O)c5ccccc5C(=O)O)C(C)=C[C@@H](C(=O)O1)[C@]34O)O2. The van der Waals surface area contributed by atoms with Crippen LogP contribution < -0.4 is 0 Å². The van der Waals surface area contributed by atoms with E-state index in [-0.39, 0.29) is 48.0 Å². The number of carbonyl (C=O) groups is 3. The third-order valence-corrected chi connectivity index (χ3v) is 11.6. The van der Waals surface area contributed by atoms with Gasteiger partial charge in [0.05, 0.1) is 36.0 Å². The van der Waals surface area contributed by atoms with Gasteiger partial charge < -0.3 is 39.0 Å². The van der Waals surface area contributed by atoms with Crippen LogP contribution in [0.2, 0.25) is 0 Å². The first-order valence-electron chi connectivity index (χ1n) is 18.7. The van der Waals surface area contributed by atoms with Crippen molar-refractivity contribution >= 4 is 17.9 Å². The van der Waals surface area contributed by atoms with E-state index in [0.29, 0.717) is 24.0 Å². The van der Waals surface area contributed by atoms with Crippen LogP contribution in [0.4, 0.5) is 0 Å². The number of aliphatic hydroxyl groups excluding tert-OH is 1. The van der Waals surface area contributed by atoms with Gasteiger partial charge in [-0.05, 0) is 61.1 Å². The lowest BCUT2D eigenvalue weighted by molar-refractivity contribution is -0.300. The van der Waals surface area contributed by atoms with Crippen LogP contribution >= 0.6 is 0 Å². The lowest BCUT2D eigenvalue weighted by Gasteiger charge is -2.48. The summed E-state index contributed by atoms with van der Waals surface area (Å²) in [6.07, 6.45) is 10.4. The summed E-state index contributed by atoms with van der Waals surface area (Å²) < 4.78 is 31.8. The quantitative estimate of drug-likeness (QED) is 0.246. The lowest BCUT2D eigenvalue weighted by atomic mass is 9.70. The molecule has 5 aliphatic rings. The van der Waals surface area contributed by atoms with Crippen molar-refractivity contribution in [2.24, 2.45) is 23.7 Å². The van der Waals surface area contributed by atoms with Crippen LogP contribution in [0.5, 0.6) is 0 Å². The highest BCUT2D eigenvalue weighted by Crippen LogP contribution is 2.48. The van der Waals surface area contributed by atoms with Crippen molar-refractivity contribution < 1.29 is 53.4 Å². The zero-order valence-electron chi connectivity index (χ0n) is 31.3. The molecular weight excluding hydrogens is 680 g/mol. The van der Waals surface area contributed by atoms with Gasteiger partial charge in [0, 0.05) is 24.7 Å². The van der Waals surface area contributed by atoms with E-state index < -0.39 is 65.7 Å². The van der Waals surface area contributed by atoms with Crippen LogP contribution in [0, 0.1) is 23.7 Å². The Labute approximate surface area is 311 Å². The van der Waals surface area contributed by atoms with Gasteiger partial charge in [-0.1, -0.05) is 82.7 Å². The minimum absolute atomic E-state index is 0.0810. The van der Waals surface area contributed by atoms with Crippen molar-refractivity contribution in [1.82, 2.24) is 0 Å². The molecule has 6 rings (SSSR count). The molecular formula is C42H52O11. The molecule has 4 aliphatic heterocycles. The Morgan fingerprint density at radius 2 is 1.77 bits per heavy atom. The molecule has 0 aromatic heterocycles. The topological polar surface area (TPSA) is 158 Å². The van der Waals surface area contributed by atoms with Crippen LogP contribution in [0.3, 0.4) is 0 Å². The predicted molar refractivity (Wildman–Crippen MR) is 195 cm³/mol. The largest absolute Gasteiger partial charge is 0.478 e. The van der Waals surface area contributed by atoms with Gasteiger partial charge in [-0.25, -0.2) is 9.59 Å². The van der Waals surface area contributed by atoms with Crippen molar-refractivity contribution in [3.63, 3.8) is 0 Å². The third-order valence-electron chi connectivity index (χ3n) is 11.6. The number of ether oxygens (including phenoxy) is 5. The van der Waals surface area contributed by atoms with Crippen molar-refractivity contribution in [2.75, 3.05) is 6.61 Å². The summed E-state index contributed by atoms with van der Waals surface area (Å²) in [5, 5.41) is 33.6. The maximum Gasteiger partial charge on any atom is 0.339 e. The van der Waals surface area contributed by atoms with Crippen molar-refractivity contribution in [3.8, 4) is 0 Å². The molecule has 0 saturated carbocycles. The summed E-state index contributed by atoms with van der Waals surface area (Å²) in [6, 6.07) is 5.71. The van der Waals surface area contributed by atoms with E-state index in [1.54, 1.807) is 25.2 Å². The Kier molecular flexibility index (Phi) is 11.3. The fourth-order valence-electron chi connectivity index (χ4n) is 8.32. The van der Waals surface area contributed by atoms with Gasteiger partial charge >= 0.3 is 17.9 Å². The van der Waals surface area contributed by atoms with Gasteiger partial charge in [-0.15, -0.1) is 0 Å². The molecule has 1 aromatic rings. The Morgan fingerprint density at radius 3 is 2.49 bits per heavy atom. The second-order valence-electron chi connectivity index (χ2n) is 15.4. The number of hydrogen-bond acceptors (Lipinski definition) is 10. The fourth-order valence-corrected chi connectivity index (χ4v) is 8.32. The standard InChI is InChI=1S/C42H52O11/c1-7-23(2)35-26(5)17-18-41(53-35)21-30-20-29(52-41)16-15-25(4)34(43)24(3)11-10-12-28-22-49-37-36(27(6)19-33(40(47)50-30)42(28,37)48)51-39(46)32-14-9-8-13-31(32)38(44)45/h8-15,17-19,23-24,26,29-30,33-37,43,48H,7,16,20-22H2,1-6H3,(H,44,45)/b11-10+,25-15+,28-12+/t23-,24-,26-,29+,30-,33-,34?,35+,36+,37+,41+,42+/m0/s1. The van der Waals surface area contributed by atoms with E-state index in [1.165, 1.54) is 24.3 Å². The number of aromatic carboxylic acids is 1. The minimum Gasteiger partial charge on any atom is -0.478 e. The summed E-state index contributed by atoms with van der Waals surface area (Å²) in [7, 11) is 0. The molecule has 11 heteroatoms. The van der Waals surface area contributed by atoms with Crippen LogP contribution in [-0.2, 0) is 28.5 Å². The fraction of sp³-hybridized carbons (Fsp3) is 0.548. The van der Waals surface area contributed by atoms with Crippen molar-refractivity contribution in [3.05, 3.63) is 94.6 Å². The van der Waals surface area contributed by atoms with E-state index in [2.05, 4.69) is 26.8 Å². The summed E-state index contributed by atoms with van der Waals surface area (Å²) in [5.41, 5.74) is -0.796. The Balaban J connectivity index is 1.38. The van der Waals surface area contributed by atoms with Gasteiger partial charge in [0.25, 0.3) is 0 Å². The number of carboxylic acid groups (broad SMARTS) is 1. The molecule has 0 amide bonds. The first kappa shape index (κ1) is 38.8. The average molecular weight is 733 g/mol. The van der Waals surface area contributed by atoms with Crippen LogP contribution in [0.25, 0.3) is 0 Å². The van der Waals surface area contributed by atoms with Crippen LogP contribution in [0.15, 0.2) is 83.5 Å². The molecule has 53 heavy (non-hydrogen) atoms. The number of esters is 2. The summed E-state index contributed by atoms with van der Waals surface area (Å²) in [4.78, 5) is 39.8. The lowest BCUT2D eigenvalue weighted by Crippen LogP contribution is -2.59. The molecule has 4 heterocycles. The smallest absolute Gasteiger partial charge is 0.339 e. The van der Waals surface area contributed by atoms with E-state index in [1.807, 2.05) is 32.1 Å². The molecule has 1 aromatic carbocycles. The van der Waals surface area contributed by atoms with Gasteiger partial charge in [-0.3, -0.25) is 4.79 Å². The normalized spacial score (nSPS) is 40.4. The maximum absolute atomic E-state index is 14.4. The first-order chi connectivity index (χ1) is 25.2. The molecule has 1 spiro atoms. The Bertz CT molecular complexity index is 1740. The number of carboxylic acids is 1. The van der Waals surface area contributed by atoms with E-state index in [9.17, 15) is 29.7 Å². The third kappa shape index (κ3) is 7.59. The molecule has 0 radical (unpaired) electrons. The molecule has 12 atom stereocenters. The van der Waals surface area contributed by atoms with Crippen LogP contribution in [-0.4, -0.2) is 87.8 Å². The highest BCUT2D eigenvalue weighted by Gasteiger charge is 2.61. The number of hydrogen-bond donors (Lipinski definition) is 3. The van der Waals surface area contributed by atoms with E-state index in [4.69, 9.17) is 23.7 Å². The van der Waals surface area contributed by atoms with Gasteiger partial charge in [-0.2, -0.15) is 0 Å². The van der Waals surface area contributed by atoms with Gasteiger partial charge in [0.2, 0.25) is 0 Å². The molecule has 1 aliphatic carbocycles. The molecule has 1 unspecified atom stereocenters. The monoisotopic (exact) mass is 732 g/mol. The number of carbonyl (C=O) groups excluding carboxylic acids is 2. The summed E-state index contributed by atoms with van der Waals surface area (Å²) in [5.74, 6) is -5.13. The van der Waals surface area contributed by atoms with Gasteiger partial charge in [0.1, 0.15) is 23.7 Å². The molecule has 2 saturated heterocycles. The summed E-state index contributed by atoms with van der Waals surface area (Å²) >= 11 is 0. The van der Waals surface area contributed by atoms with Gasteiger partial charge in [0.15, 0.2) is 11.9 Å². The Hall–Kier alpha value is -3.87. The highest BCUT2D eigenvalue weighted by atomic mass is 16.7. The predicted octanol–water partition coefficient (Wildman–Crippen LogP) is 5.87. The minimum atomic E-state index is -1.99. The van der Waals surface area contributed by atoms with Crippen molar-refractivity contribution in [1.29, 1.82) is 0 Å².